The molecular formula is C32H44FN5O3Si2. The van der Waals surface area contributed by atoms with Crippen LogP contribution in [0.25, 0.3) is 11.2 Å². The number of rotatable bonds is 8. The smallest absolute Gasteiger partial charge is 0.312 e. The summed E-state index contributed by atoms with van der Waals surface area (Å²) in [6.45, 7) is 18.3. The van der Waals surface area contributed by atoms with Gasteiger partial charge in [0.1, 0.15) is 12.3 Å². The molecule has 3 atom stereocenters. The molecular weight excluding hydrogens is 578 g/mol. The van der Waals surface area contributed by atoms with Crippen LogP contribution < -0.4 is 16.1 Å². The molecule has 11 heteroatoms. The van der Waals surface area contributed by atoms with E-state index in [1.165, 1.54) is 10.4 Å². The van der Waals surface area contributed by atoms with Gasteiger partial charge in [-0.3, -0.25) is 4.57 Å². The highest BCUT2D eigenvalue weighted by Crippen LogP contribution is 2.43. The highest BCUT2D eigenvalue weighted by molar-refractivity contribution is 6.99. The van der Waals surface area contributed by atoms with Gasteiger partial charge in [-0.25, -0.2) is 4.98 Å². The van der Waals surface area contributed by atoms with E-state index in [9.17, 15) is 4.39 Å². The van der Waals surface area contributed by atoms with Crippen LogP contribution >= 0.6 is 0 Å². The van der Waals surface area contributed by atoms with E-state index in [0.29, 0.717) is 24.2 Å². The van der Waals surface area contributed by atoms with Gasteiger partial charge in [-0.15, -0.1) is 0 Å². The number of benzene rings is 2. The normalized spacial score (nSPS) is 20.2. The second-order valence-corrected chi connectivity index (χ2v) is 23.0. The lowest BCUT2D eigenvalue weighted by atomic mass is 10.2. The van der Waals surface area contributed by atoms with Crippen molar-refractivity contribution in [2.75, 3.05) is 12.3 Å². The number of hydrogen-bond acceptors (Lipinski definition) is 7. The zero-order valence-electron chi connectivity index (χ0n) is 26.5. The maximum absolute atomic E-state index is 14.2. The Morgan fingerprint density at radius 3 is 2.05 bits per heavy atom. The predicted molar refractivity (Wildman–Crippen MR) is 174 cm³/mol. The largest absolute Gasteiger partial charge is 0.411 e. The summed E-state index contributed by atoms with van der Waals surface area (Å²) >= 11 is 0. The summed E-state index contributed by atoms with van der Waals surface area (Å²) in [7, 11) is -5.01. The molecule has 2 aromatic heterocycles. The molecule has 0 spiro atoms. The Morgan fingerprint density at radius 2 is 1.51 bits per heavy atom. The van der Waals surface area contributed by atoms with E-state index in [2.05, 4.69) is 118 Å². The lowest BCUT2D eigenvalue weighted by molar-refractivity contribution is -0.0377. The molecule has 2 N–H and O–H groups in total. The van der Waals surface area contributed by atoms with Crippen LogP contribution in [0, 0.1) is 6.08 Å². The second kappa shape index (κ2) is 11.5. The maximum Gasteiger partial charge on any atom is 0.312 e. The molecule has 8 nitrogen and oxygen atoms in total. The van der Waals surface area contributed by atoms with E-state index < -0.39 is 28.9 Å². The molecule has 0 saturated carbocycles. The van der Waals surface area contributed by atoms with Gasteiger partial charge in [0.25, 0.3) is 8.32 Å². The van der Waals surface area contributed by atoms with Gasteiger partial charge in [-0.2, -0.15) is 14.4 Å². The summed E-state index contributed by atoms with van der Waals surface area (Å²) in [6, 6.07) is 21.1. The topological polar surface area (TPSA) is 97.3 Å². The maximum atomic E-state index is 14.2. The van der Waals surface area contributed by atoms with Gasteiger partial charge in [-0.1, -0.05) is 102 Å². The number of nitrogen functional groups attached to an aromatic ring is 1. The van der Waals surface area contributed by atoms with Gasteiger partial charge in [0.15, 0.2) is 25.3 Å². The third-order valence-corrected chi connectivity index (χ3v) is 18.6. The lowest BCUT2D eigenvalue weighted by Gasteiger charge is -2.44. The van der Waals surface area contributed by atoms with E-state index in [-0.39, 0.29) is 28.1 Å². The Bertz CT molecular complexity index is 1520. The van der Waals surface area contributed by atoms with Gasteiger partial charge >= 0.3 is 6.08 Å². The summed E-state index contributed by atoms with van der Waals surface area (Å²) in [6.07, 6.45) is 0.131. The van der Waals surface area contributed by atoms with Crippen molar-refractivity contribution in [2.24, 2.45) is 0 Å². The lowest BCUT2D eigenvalue weighted by Crippen LogP contribution is -2.67. The van der Waals surface area contributed by atoms with Crippen molar-refractivity contribution in [3.05, 3.63) is 73.1 Å². The number of imidazole rings is 1. The first-order valence-corrected chi connectivity index (χ1v) is 19.7. The summed E-state index contributed by atoms with van der Waals surface area (Å²) < 4.78 is 37.0. The summed E-state index contributed by atoms with van der Waals surface area (Å²) in [5.41, 5.74) is 6.61. The van der Waals surface area contributed by atoms with Gasteiger partial charge in [-0.05, 0) is 33.5 Å². The van der Waals surface area contributed by atoms with Gasteiger partial charge < -0.3 is 19.3 Å². The molecule has 5 rings (SSSR count). The van der Waals surface area contributed by atoms with Crippen molar-refractivity contribution >= 4 is 44.0 Å². The predicted octanol–water partition coefficient (Wildman–Crippen LogP) is 5.80. The standard InChI is InChI=1S/C32H44FN5O3Si2/c1-31(2,3)42(7,8)41-24-19-26(38-21-35-27-28(34)36-30(33)37-29(27)38)40-25(24)20-39-43(32(4,5)6,22-15-11-9-12-16-22)23-17-13-10-14-18-23/h9-18,21,24-26H,19-20H2,1-8H3,(H2,34,36,37)/t24-,25?,26+/m0/s1. The number of nitrogens with zero attached hydrogens (tertiary/aromatic N) is 4. The molecule has 4 aromatic rings. The number of ether oxygens (including phenoxy) is 1. The highest BCUT2D eigenvalue weighted by Gasteiger charge is 2.52. The Kier molecular flexibility index (Phi) is 8.42. The monoisotopic (exact) mass is 621 g/mol. The molecule has 1 aliphatic heterocycles. The second-order valence-electron chi connectivity index (χ2n) is 14.0. The van der Waals surface area contributed by atoms with E-state index in [1.807, 2.05) is 12.1 Å². The molecule has 43 heavy (non-hydrogen) atoms. The Morgan fingerprint density at radius 1 is 0.930 bits per heavy atom. The number of nitrogens with two attached hydrogens (primary N) is 1. The molecule has 3 heterocycles. The van der Waals surface area contributed by atoms with Crippen LogP contribution in [0.3, 0.4) is 0 Å². The number of halogens is 1. The van der Waals surface area contributed by atoms with Crippen molar-refractivity contribution < 1.29 is 18.0 Å². The first-order valence-electron chi connectivity index (χ1n) is 14.9. The molecule has 0 bridgehead atoms. The fourth-order valence-corrected chi connectivity index (χ4v) is 11.7. The summed E-state index contributed by atoms with van der Waals surface area (Å²) in [5.74, 6) is -0.000105. The summed E-state index contributed by atoms with van der Waals surface area (Å²) in [4.78, 5) is 12.0. The van der Waals surface area contributed by atoms with Gasteiger partial charge in [0.2, 0.25) is 0 Å². The SMILES string of the molecule is CC(C)(C)[Si](C)(C)O[C@H]1C[C@H](n2cnc3c(N)nc(F)nc32)OC1CO[Si](c1ccccc1)(c1ccccc1)C(C)(C)C. The Labute approximate surface area is 256 Å². The van der Waals surface area contributed by atoms with Crippen LogP contribution in [-0.4, -0.2) is 55.0 Å². The van der Waals surface area contributed by atoms with Crippen molar-refractivity contribution in [3.8, 4) is 0 Å². The molecule has 1 fully saturated rings. The zero-order chi connectivity index (χ0) is 31.2. The van der Waals surface area contributed by atoms with E-state index in [1.54, 1.807) is 10.9 Å². The fourth-order valence-electron chi connectivity index (χ4n) is 5.79. The van der Waals surface area contributed by atoms with Crippen molar-refractivity contribution in [2.45, 2.75) is 89.6 Å². The van der Waals surface area contributed by atoms with E-state index >= 15 is 0 Å². The van der Waals surface area contributed by atoms with Gasteiger partial charge in [0.05, 0.1) is 19.0 Å². The van der Waals surface area contributed by atoms with Crippen LogP contribution in [-0.2, 0) is 13.6 Å². The minimum Gasteiger partial charge on any atom is -0.411 e. The van der Waals surface area contributed by atoms with Crippen LogP contribution in [0.15, 0.2) is 67.0 Å². The van der Waals surface area contributed by atoms with Crippen molar-refractivity contribution in [1.82, 2.24) is 19.5 Å². The van der Waals surface area contributed by atoms with E-state index in [0.717, 1.165) is 0 Å². The number of aromatic nitrogens is 4. The number of fused-ring (bicyclic) bond motifs is 1. The van der Waals surface area contributed by atoms with Gasteiger partial charge in [0, 0.05) is 6.42 Å². The Balaban J connectivity index is 1.54. The minimum atomic E-state index is -2.82. The third-order valence-electron chi connectivity index (χ3n) is 9.04. The number of anilines is 1. The van der Waals surface area contributed by atoms with E-state index in [4.69, 9.17) is 19.3 Å². The zero-order valence-corrected chi connectivity index (χ0v) is 28.5. The highest BCUT2D eigenvalue weighted by atomic mass is 28.4. The average molecular weight is 622 g/mol. The molecule has 1 unspecified atom stereocenters. The fraction of sp³-hybridized carbons (Fsp3) is 0.469. The van der Waals surface area contributed by atoms with Crippen molar-refractivity contribution in [3.63, 3.8) is 0 Å². The van der Waals surface area contributed by atoms with Crippen molar-refractivity contribution in [1.29, 1.82) is 0 Å². The molecule has 0 radical (unpaired) electrons. The molecule has 0 aliphatic carbocycles. The minimum absolute atomic E-state index is 0.000105. The molecule has 1 aliphatic rings. The molecule has 0 amide bonds. The molecule has 2 aromatic carbocycles. The first kappa shape index (κ1) is 31.5. The Hall–Kier alpha value is -2.97. The van der Waals surface area contributed by atoms with Crippen LogP contribution in [0.4, 0.5) is 10.2 Å². The molecule has 230 valence electrons. The van der Waals surface area contributed by atoms with Crippen LogP contribution in [0.2, 0.25) is 23.2 Å². The summed E-state index contributed by atoms with van der Waals surface area (Å²) in [5, 5.41) is 2.22. The quantitative estimate of drug-likeness (QED) is 0.196. The van der Waals surface area contributed by atoms with Crippen LogP contribution in [0.1, 0.15) is 54.2 Å². The molecule has 1 saturated heterocycles. The third kappa shape index (κ3) is 5.93. The first-order chi connectivity index (χ1) is 20.1. The number of hydrogen-bond donors (Lipinski definition) is 1. The van der Waals surface area contributed by atoms with Crippen LogP contribution in [0.5, 0.6) is 0 Å². The average Bonchev–Trinajstić information content (AvgIpc) is 3.52.